The second kappa shape index (κ2) is 5.20. The highest BCUT2D eigenvalue weighted by atomic mass is 31.2. The van der Waals surface area contributed by atoms with Gasteiger partial charge in [-0.15, -0.1) is 0 Å². The fourth-order valence-corrected chi connectivity index (χ4v) is 6.15. The highest BCUT2D eigenvalue weighted by Crippen LogP contribution is 2.71. The van der Waals surface area contributed by atoms with E-state index in [4.69, 9.17) is 9.05 Å². The third-order valence-corrected chi connectivity index (χ3v) is 7.23. The Hall–Kier alpha value is -1.61. The maximum absolute atomic E-state index is 13.6. The van der Waals surface area contributed by atoms with Crippen LogP contribution >= 0.6 is 7.60 Å². The maximum atomic E-state index is 13.6. The zero-order valence-electron chi connectivity index (χ0n) is 13.5. The second-order valence-corrected chi connectivity index (χ2v) is 8.26. The van der Waals surface area contributed by atoms with Crippen molar-refractivity contribution in [1.29, 1.82) is 0 Å². The molecule has 4 nitrogen and oxygen atoms in total. The SMILES string of the molecule is CC1OP(=O)(C2c3ccccc3N(C)c3ccccc32)OC1C. The van der Waals surface area contributed by atoms with E-state index in [0.29, 0.717) is 0 Å². The van der Waals surface area contributed by atoms with Gasteiger partial charge in [-0.25, -0.2) is 0 Å². The first-order valence-electron chi connectivity index (χ1n) is 7.89. The third-order valence-electron chi connectivity index (χ3n) is 4.79. The van der Waals surface area contributed by atoms with Gasteiger partial charge < -0.3 is 13.9 Å². The number of anilines is 2. The highest BCUT2D eigenvalue weighted by Gasteiger charge is 2.50. The molecular weight excluding hydrogens is 309 g/mol. The van der Waals surface area contributed by atoms with Gasteiger partial charge in [0.2, 0.25) is 0 Å². The average Bonchev–Trinajstić information content (AvgIpc) is 2.81. The lowest BCUT2D eigenvalue weighted by Crippen LogP contribution is -2.22. The van der Waals surface area contributed by atoms with Crippen molar-refractivity contribution in [3.05, 3.63) is 59.7 Å². The summed E-state index contributed by atoms with van der Waals surface area (Å²) in [6, 6.07) is 16.1. The first-order chi connectivity index (χ1) is 11.0. The number of benzene rings is 2. The van der Waals surface area contributed by atoms with E-state index < -0.39 is 7.60 Å². The molecule has 1 fully saturated rings. The lowest BCUT2D eigenvalue weighted by Gasteiger charge is -2.36. The molecule has 5 heteroatoms. The number of fused-ring (bicyclic) bond motifs is 2. The summed E-state index contributed by atoms with van der Waals surface area (Å²) in [7, 11) is -1.24. The molecule has 0 saturated carbocycles. The van der Waals surface area contributed by atoms with Gasteiger partial charge in [0.15, 0.2) is 0 Å². The van der Waals surface area contributed by atoms with E-state index in [2.05, 4.69) is 4.90 Å². The average molecular weight is 329 g/mol. The van der Waals surface area contributed by atoms with Crippen molar-refractivity contribution in [1.82, 2.24) is 0 Å². The second-order valence-electron chi connectivity index (χ2n) is 6.24. The Morgan fingerprint density at radius 2 is 1.30 bits per heavy atom. The number of nitrogens with zero attached hydrogens (tertiary/aromatic N) is 1. The summed E-state index contributed by atoms with van der Waals surface area (Å²) < 4.78 is 25.3. The van der Waals surface area contributed by atoms with Gasteiger partial charge in [0.05, 0.1) is 12.2 Å². The van der Waals surface area contributed by atoms with Crippen LogP contribution in [0.2, 0.25) is 0 Å². The molecule has 2 aliphatic heterocycles. The monoisotopic (exact) mass is 329 g/mol. The van der Waals surface area contributed by atoms with Gasteiger partial charge in [-0.3, -0.25) is 4.57 Å². The maximum Gasteiger partial charge on any atom is 0.343 e. The van der Waals surface area contributed by atoms with E-state index in [1.807, 2.05) is 69.4 Å². The van der Waals surface area contributed by atoms with Gasteiger partial charge in [0, 0.05) is 18.4 Å². The molecule has 0 amide bonds. The normalized spacial score (nSPS) is 30.1. The lowest BCUT2D eigenvalue weighted by molar-refractivity contribution is 0.187. The molecule has 2 atom stereocenters. The van der Waals surface area contributed by atoms with Crippen LogP contribution in [0, 0.1) is 0 Å². The molecule has 2 aliphatic rings. The molecule has 120 valence electrons. The van der Waals surface area contributed by atoms with Crippen LogP contribution in [-0.4, -0.2) is 19.3 Å². The number of rotatable bonds is 1. The van der Waals surface area contributed by atoms with Crippen LogP contribution in [-0.2, 0) is 13.6 Å². The van der Waals surface area contributed by atoms with Gasteiger partial charge in [0.1, 0.15) is 5.66 Å². The Bertz CT molecular complexity index is 745. The molecule has 0 aliphatic carbocycles. The van der Waals surface area contributed by atoms with Crippen LogP contribution in [0.5, 0.6) is 0 Å². The summed E-state index contributed by atoms with van der Waals surface area (Å²) in [5.41, 5.74) is 3.71. The fourth-order valence-electron chi connectivity index (χ4n) is 3.47. The lowest BCUT2D eigenvalue weighted by atomic mass is 9.95. The zero-order valence-corrected chi connectivity index (χ0v) is 14.4. The van der Waals surface area contributed by atoms with Crippen LogP contribution in [0.25, 0.3) is 0 Å². The summed E-state index contributed by atoms with van der Waals surface area (Å²) >= 11 is 0. The van der Waals surface area contributed by atoms with Gasteiger partial charge in [0.25, 0.3) is 0 Å². The molecule has 2 unspecified atom stereocenters. The van der Waals surface area contributed by atoms with Crippen LogP contribution in [0.3, 0.4) is 0 Å². The van der Waals surface area contributed by atoms with Crippen LogP contribution in [0.1, 0.15) is 30.6 Å². The molecule has 0 N–H and O–H groups in total. The fraction of sp³-hybridized carbons (Fsp3) is 0.333. The topological polar surface area (TPSA) is 38.8 Å². The zero-order chi connectivity index (χ0) is 16.2. The molecule has 0 bridgehead atoms. The molecular formula is C18H20NO3P. The van der Waals surface area contributed by atoms with Gasteiger partial charge in [-0.05, 0) is 37.1 Å². The molecule has 0 spiro atoms. The standard InChI is InChI=1S/C18H20NO3P/c1-12-13(2)22-23(20,21-12)18-14-8-4-6-10-16(14)19(3)17-11-7-5-9-15(17)18/h4-13,18H,1-3H3. The van der Waals surface area contributed by atoms with Crippen molar-refractivity contribution < 1.29 is 13.6 Å². The summed E-state index contributed by atoms with van der Waals surface area (Å²) in [4.78, 5) is 2.14. The van der Waals surface area contributed by atoms with E-state index in [1.165, 1.54) is 0 Å². The summed E-state index contributed by atoms with van der Waals surface area (Å²) in [5.74, 6) is 0. The van der Waals surface area contributed by atoms with E-state index in [9.17, 15) is 4.57 Å². The van der Waals surface area contributed by atoms with Crippen molar-refractivity contribution >= 4 is 19.0 Å². The summed E-state index contributed by atoms with van der Waals surface area (Å²) in [6.07, 6.45) is -0.334. The largest absolute Gasteiger partial charge is 0.344 e. The Labute approximate surface area is 136 Å². The van der Waals surface area contributed by atoms with Crippen LogP contribution < -0.4 is 4.90 Å². The predicted molar refractivity (Wildman–Crippen MR) is 91.5 cm³/mol. The number of para-hydroxylation sites is 2. The quantitative estimate of drug-likeness (QED) is 0.699. The highest BCUT2D eigenvalue weighted by molar-refractivity contribution is 7.54. The Morgan fingerprint density at radius 1 is 0.870 bits per heavy atom. The Balaban J connectivity index is 1.94. The first kappa shape index (κ1) is 14.9. The van der Waals surface area contributed by atoms with Gasteiger partial charge in [-0.2, -0.15) is 0 Å². The van der Waals surface area contributed by atoms with Crippen molar-refractivity contribution in [2.45, 2.75) is 31.7 Å². The molecule has 4 rings (SSSR count). The van der Waals surface area contributed by atoms with Crippen molar-refractivity contribution in [3.8, 4) is 0 Å². The summed E-state index contributed by atoms with van der Waals surface area (Å²) in [6.45, 7) is 3.83. The van der Waals surface area contributed by atoms with Gasteiger partial charge >= 0.3 is 7.60 Å². The molecule has 1 saturated heterocycles. The molecule has 2 aromatic carbocycles. The summed E-state index contributed by atoms with van der Waals surface area (Å²) in [5, 5.41) is 0. The predicted octanol–water partition coefficient (Wildman–Crippen LogP) is 4.87. The van der Waals surface area contributed by atoms with Gasteiger partial charge in [-0.1, -0.05) is 36.4 Å². The molecule has 2 aromatic rings. The Morgan fingerprint density at radius 3 is 1.78 bits per heavy atom. The van der Waals surface area contributed by atoms with E-state index in [1.54, 1.807) is 0 Å². The smallest absolute Gasteiger partial charge is 0.343 e. The molecule has 0 aromatic heterocycles. The molecule has 0 radical (unpaired) electrons. The van der Waals surface area contributed by atoms with Crippen molar-refractivity contribution in [2.24, 2.45) is 0 Å². The minimum atomic E-state index is -3.28. The van der Waals surface area contributed by atoms with Crippen LogP contribution in [0.4, 0.5) is 11.4 Å². The van der Waals surface area contributed by atoms with E-state index in [0.717, 1.165) is 22.5 Å². The van der Waals surface area contributed by atoms with Crippen molar-refractivity contribution in [3.63, 3.8) is 0 Å². The minimum Gasteiger partial charge on any atom is -0.344 e. The van der Waals surface area contributed by atoms with Crippen molar-refractivity contribution in [2.75, 3.05) is 11.9 Å². The minimum absolute atomic E-state index is 0.167. The molecule has 23 heavy (non-hydrogen) atoms. The van der Waals surface area contributed by atoms with Crippen LogP contribution in [0.15, 0.2) is 48.5 Å². The third kappa shape index (κ3) is 2.17. The molecule has 2 heterocycles. The first-order valence-corrected chi connectivity index (χ1v) is 9.50. The van der Waals surface area contributed by atoms with E-state index >= 15 is 0 Å². The Kier molecular flexibility index (Phi) is 3.38. The number of hydrogen-bond acceptors (Lipinski definition) is 4. The number of hydrogen-bond donors (Lipinski definition) is 0. The van der Waals surface area contributed by atoms with E-state index in [-0.39, 0.29) is 17.9 Å².